The van der Waals surface area contributed by atoms with Gasteiger partial charge in [-0.2, -0.15) is 0 Å². The standard InChI is InChI=1S/C14H23N3O2S/c1-10(15)9-11(2)16-13-5-3-4-6-14(13)20(18,19)17-12-7-8-12/h3-6,10-12,16-17H,7-9,15H2,1-2H3. The van der Waals surface area contributed by atoms with E-state index >= 15 is 0 Å². The van der Waals surface area contributed by atoms with E-state index in [9.17, 15) is 8.42 Å². The van der Waals surface area contributed by atoms with Crippen molar-refractivity contribution in [3.05, 3.63) is 24.3 Å². The van der Waals surface area contributed by atoms with Crippen LogP contribution in [0.1, 0.15) is 33.1 Å². The van der Waals surface area contributed by atoms with Crippen LogP contribution < -0.4 is 15.8 Å². The zero-order chi connectivity index (χ0) is 14.8. The fourth-order valence-electron chi connectivity index (χ4n) is 2.19. The smallest absolute Gasteiger partial charge is 0.242 e. The van der Waals surface area contributed by atoms with Crippen molar-refractivity contribution in [1.82, 2.24) is 4.72 Å². The fraction of sp³-hybridized carbons (Fsp3) is 0.571. The largest absolute Gasteiger partial charge is 0.381 e. The molecule has 0 heterocycles. The zero-order valence-corrected chi connectivity index (χ0v) is 12.8. The molecule has 0 aromatic heterocycles. The maximum Gasteiger partial charge on any atom is 0.242 e. The molecule has 1 aromatic carbocycles. The minimum absolute atomic E-state index is 0.0749. The molecule has 112 valence electrons. The summed E-state index contributed by atoms with van der Waals surface area (Å²) in [5.74, 6) is 0. The molecule has 1 saturated carbocycles. The van der Waals surface area contributed by atoms with Gasteiger partial charge < -0.3 is 11.1 Å². The Morgan fingerprint density at radius 2 is 1.95 bits per heavy atom. The van der Waals surface area contributed by atoms with Crippen LogP contribution in [-0.4, -0.2) is 26.5 Å². The number of hydrogen-bond donors (Lipinski definition) is 3. The van der Waals surface area contributed by atoms with Gasteiger partial charge in [0.25, 0.3) is 0 Å². The maximum atomic E-state index is 12.3. The predicted octanol–water partition coefficient (Wildman–Crippen LogP) is 1.66. The van der Waals surface area contributed by atoms with Gasteiger partial charge >= 0.3 is 0 Å². The van der Waals surface area contributed by atoms with Crippen molar-refractivity contribution in [3.8, 4) is 0 Å². The van der Waals surface area contributed by atoms with Gasteiger partial charge in [0.05, 0.1) is 5.69 Å². The van der Waals surface area contributed by atoms with Crippen LogP contribution >= 0.6 is 0 Å². The highest BCUT2D eigenvalue weighted by molar-refractivity contribution is 7.89. The second kappa shape index (κ2) is 6.11. The predicted molar refractivity (Wildman–Crippen MR) is 81.1 cm³/mol. The number of para-hydroxylation sites is 1. The van der Waals surface area contributed by atoms with Gasteiger partial charge in [-0.15, -0.1) is 0 Å². The summed E-state index contributed by atoms with van der Waals surface area (Å²) in [6, 6.07) is 7.29. The summed E-state index contributed by atoms with van der Waals surface area (Å²) >= 11 is 0. The number of hydrogen-bond acceptors (Lipinski definition) is 4. The van der Waals surface area contributed by atoms with E-state index in [-0.39, 0.29) is 18.1 Å². The molecule has 1 aromatic rings. The van der Waals surface area contributed by atoms with Gasteiger partial charge in [0.2, 0.25) is 10.0 Å². The normalized spacial score (nSPS) is 18.6. The third-order valence-corrected chi connectivity index (χ3v) is 4.78. The Morgan fingerprint density at radius 1 is 1.30 bits per heavy atom. The van der Waals surface area contributed by atoms with E-state index in [1.807, 2.05) is 19.9 Å². The maximum absolute atomic E-state index is 12.3. The Morgan fingerprint density at radius 3 is 2.55 bits per heavy atom. The highest BCUT2D eigenvalue weighted by Gasteiger charge is 2.29. The second-order valence-electron chi connectivity index (χ2n) is 5.65. The molecule has 0 bridgehead atoms. The van der Waals surface area contributed by atoms with Crippen molar-refractivity contribution in [2.45, 2.75) is 56.1 Å². The molecule has 0 spiro atoms. The van der Waals surface area contributed by atoms with Gasteiger partial charge in [-0.25, -0.2) is 13.1 Å². The minimum atomic E-state index is -3.45. The van der Waals surface area contributed by atoms with Crippen molar-refractivity contribution >= 4 is 15.7 Å². The van der Waals surface area contributed by atoms with Crippen LogP contribution in [0.5, 0.6) is 0 Å². The first-order chi connectivity index (χ1) is 9.38. The van der Waals surface area contributed by atoms with E-state index in [1.54, 1.807) is 18.2 Å². The third kappa shape index (κ3) is 4.19. The average Bonchev–Trinajstić information content (AvgIpc) is 3.11. The Balaban J connectivity index is 2.17. The molecule has 2 unspecified atom stereocenters. The molecule has 2 rings (SSSR count). The molecule has 5 nitrogen and oxygen atoms in total. The molecule has 0 saturated heterocycles. The summed E-state index contributed by atoms with van der Waals surface area (Å²) in [5, 5.41) is 3.24. The average molecular weight is 297 g/mol. The van der Waals surface area contributed by atoms with E-state index in [2.05, 4.69) is 10.0 Å². The molecular weight excluding hydrogens is 274 g/mol. The lowest BCUT2D eigenvalue weighted by atomic mass is 10.1. The summed E-state index contributed by atoms with van der Waals surface area (Å²) in [6.45, 7) is 3.94. The first kappa shape index (κ1) is 15.3. The van der Waals surface area contributed by atoms with Crippen LogP contribution in [0.3, 0.4) is 0 Å². The van der Waals surface area contributed by atoms with Crippen LogP contribution in [0.2, 0.25) is 0 Å². The Bertz CT molecular complexity index is 553. The van der Waals surface area contributed by atoms with Crippen molar-refractivity contribution in [2.75, 3.05) is 5.32 Å². The molecular formula is C14H23N3O2S. The SMILES string of the molecule is CC(N)CC(C)Nc1ccccc1S(=O)(=O)NC1CC1. The Labute approximate surface area is 121 Å². The minimum Gasteiger partial charge on any atom is -0.381 e. The van der Waals surface area contributed by atoms with Gasteiger partial charge in [0.15, 0.2) is 0 Å². The van der Waals surface area contributed by atoms with E-state index in [0.717, 1.165) is 19.3 Å². The third-order valence-electron chi connectivity index (χ3n) is 3.20. The second-order valence-corrected chi connectivity index (χ2v) is 7.33. The molecule has 0 radical (unpaired) electrons. The summed E-state index contributed by atoms with van der Waals surface area (Å²) < 4.78 is 27.4. The molecule has 0 aliphatic heterocycles. The van der Waals surface area contributed by atoms with Crippen molar-refractivity contribution < 1.29 is 8.42 Å². The molecule has 20 heavy (non-hydrogen) atoms. The summed E-state index contributed by atoms with van der Waals surface area (Å²) in [6.07, 6.45) is 2.64. The van der Waals surface area contributed by atoms with Gasteiger partial charge in [-0.3, -0.25) is 0 Å². The molecule has 4 N–H and O–H groups in total. The van der Waals surface area contributed by atoms with E-state index in [4.69, 9.17) is 5.73 Å². The zero-order valence-electron chi connectivity index (χ0n) is 12.0. The number of nitrogens with two attached hydrogens (primary N) is 1. The van der Waals surface area contributed by atoms with Crippen LogP contribution in [0.25, 0.3) is 0 Å². The molecule has 1 aliphatic rings. The first-order valence-electron chi connectivity index (χ1n) is 7.02. The molecule has 1 fully saturated rings. The van der Waals surface area contributed by atoms with Gasteiger partial charge in [-0.05, 0) is 45.2 Å². The van der Waals surface area contributed by atoms with E-state index in [0.29, 0.717) is 10.6 Å². The van der Waals surface area contributed by atoms with E-state index in [1.165, 1.54) is 0 Å². The number of sulfonamides is 1. The molecule has 1 aliphatic carbocycles. The van der Waals surface area contributed by atoms with Crippen LogP contribution in [-0.2, 0) is 10.0 Å². The van der Waals surface area contributed by atoms with Crippen molar-refractivity contribution in [1.29, 1.82) is 0 Å². The van der Waals surface area contributed by atoms with Gasteiger partial charge in [0, 0.05) is 18.1 Å². The summed E-state index contributed by atoms with van der Waals surface area (Å²) in [7, 11) is -3.45. The van der Waals surface area contributed by atoms with Crippen molar-refractivity contribution in [3.63, 3.8) is 0 Å². The molecule has 2 atom stereocenters. The monoisotopic (exact) mass is 297 g/mol. The van der Waals surface area contributed by atoms with E-state index < -0.39 is 10.0 Å². The Kier molecular flexibility index (Phi) is 4.67. The highest BCUT2D eigenvalue weighted by Crippen LogP contribution is 2.26. The van der Waals surface area contributed by atoms with Crippen LogP contribution in [0.4, 0.5) is 5.69 Å². The highest BCUT2D eigenvalue weighted by atomic mass is 32.2. The summed E-state index contributed by atoms with van der Waals surface area (Å²) in [4.78, 5) is 0.309. The number of rotatable bonds is 7. The lowest BCUT2D eigenvalue weighted by Gasteiger charge is -2.19. The van der Waals surface area contributed by atoms with Gasteiger partial charge in [-0.1, -0.05) is 12.1 Å². The number of benzene rings is 1. The van der Waals surface area contributed by atoms with Crippen LogP contribution in [0.15, 0.2) is 29.2 Å². The lowest BCUT2D eigenvalue weighted by Crippen LogP contribution is -2.29. The van der Waals surface area contributed by atoms with Crippen LogP contribution in [0, 0.1) is 0 Å². The topological polar surface area (TPSA) is 84.2 Å². The van der Waals surface area contributed by atoms with Crippen molar-refractivity contribution in [2.24, 2.45) is 5.73 Å². The first-order valence-corrected chi connectivity index (χ1v) is 8.50. The number of nitrogens with one attached hydrogen (secondary N) is 2. The molecule has 6 heteroatoms. The lowest BCUT2D eigenvalue weighted by molar-refractivity contribution is 0.580. The molecule has 0 amide bonds. The Hall–Kier alpha value is -1.11. The number of anilines is 1. The quantitative estimate of drug-likeness (QED) is 0.714. The van der Waals surface area contributed by atoms with Gasteiger partial charge in [0.1, 0.15) is 4.90 Å². The summed E-state index contributed by atoms with van der Waals surface area (Å²) in [5.41, 5.74) is 6.41. The fourth-order valence-corrected chi connectivity index (χ4v) is 3.66.